The molecule has 0 bridgehead atoms. The standard InChI is InChI=1S/C14H25NO2/c1-5-6-7-9-12-10-8-11-15(12)13(16)17-14(2,3)4/h5,12H,1,6-11H2,2-4H3/t12-/m1/s1. The first-order valence-corrected chi connectivity index (χ1v) is 6.54. The van der Waals surface area contributed by atoms with Crippen molar-refractivity contribution >= 4 is 6.09 Å². The van der Waals surface area contributed by atoms with Crippen LogP contribution in [0.3, 0.4) is 0 Å². The summed E-state index contributed by atoms with van der Waals surface area (Å²) in [6.07, 6.45) is 7.18. The lowest BCUT2D eigenvalue weighted by atomic mass is 10.1. The smallest absolute Gasteiger partial charge is 0.410 e. The van der Waals surface area contributed by atoms with Gasteiger partial charge in [-0.3, -0.25) is 0 Å². The minimum Gasteiger partial charge on any atom is -0.444 e. The fraction of sp³-hybridized carbons (Fsp3) is 0.786. The highest BCUT2D eigenvalue weighted by Crippen LogP contribution is 2.24. The van der Waals surface area contributed by atoms with Crippen LogP contribution < -0.4 is 0 Å². The Kier molecular flexibility index (Phi) is 5.03. The molecule has 0 aliphatic carbocycles. The molecule has 1 aliphatic rings. The maximum atomic E-state index is 12.0. The molecular formula is C14H25NO2. The molecule has 0 aromatic carbocycles. The van der Waals surface area contributed by atoms with Crippen LogP contribution in [0.4, 0.5) is 4.79 Å². The molecule has 0 radical (unpaired) electrons. The molecular weight excluding hydrogens is 214 g/mol. The largest absolute Gasteiger partial charge is 0.444 e. The number of amides is 1. The number of rotatable bonds is 4. The lowest BCUT2D eigenvalue weighted by Crippen LogP contribution is -2.39. The van der Waals surface area contributed by atoms with E-state index in [1.165, 1.54) is 0 Å². The molecule has 0 aromatic rings. The van der Waals surface area contributed by atoms with Crippen molar-refractivity contribution in [1.29, 1.82) is 0 Å². The van der Waals surface area contributed by atoms with Crippen LogP contribution in [0, 0.1) is 0 Å². The number of nitrogens with zero attached hydrogens (tertiary/aromatic N) is 1. The summed E-state index contributed by atoms with van der Waals surface area (Å²) in [4.78, 5) is 13.9. The summed E-state index contributed by atoms with van der Waals surface area (Å²) in [5.41, 5.74) is -0.397. The number of likely N-dealkylation sites (tertiary alicyclic amines) is 1. The van der Waals surface area contributed by atoms with E-state index in [-0.39, 0.29) is 6.09 Å². The van der Waals surface area contributed by atoms with Crippen molar-refractivity contribution in [3.63, 3.8) is 0 Å². The molecule has 3 nitrogen and oxygen atoms in total. The number of carbonyl (C=O) groups is 1. The van der Waals surface area contributed by atoms with Gasteiger partial charge in [0.15, 0.2) is 0 Å². The zero-order valence-electron chi connectivity index (χ0n) is 11.4. The minimum atomic E-state index is -0.397. The van der Waals surface area contributed by atoms with Crippen molar-refractivity contribution in [3.8, 4) is 0 Å². The molecule has 0 saturated carbocycles. The van der Waals surface area contributed by atoms with Crippen LogP contribution in [0.1, 0.15) is 52.9 Å². The predicted octanol–water partition coefficient (Wildman–Crippen LogP) is 3.74. The number of unbranched alkanes of at least 4 members (excludes halogenated alkanes) is 1. The minimum absolute atomic E-state index is 0.154. The van der Waals surface area contributed by atoms with Gasteiger partial charge in [0.1, 0.15) is 5.60 Å². The molecule has 1 atom stereocenters. The van der Waals surface area contributed by atoms with E-state index in [1.807, 2.05) is 31.7 Å². The molecule has 1 heterocycles. The summed E-state index contributed by atoms with van der Waals surface area (Å²) < 4.78 is 5.43. The molecule has 0 unspecified atom stereocenters. The number of ether oxygens (including phenoxy) is 1. The molecule has 1 amide bonds. The lowest BCUT2D eigenvalue weighted by Gasteiger charge is -2.28. The van der Waals surface area contributed by atoms with Gasteiger partial charge in [-0.15, -0.1) is 6.58 Å². The van der Waals surface area contributed by atoms with Gasteiger partial charge in [-0.2, -0.15) is 0 Å². The van der Waals surface area contributed by atoms with Gasteiger partial charge in [0.2, 0.25) is 0 Å². The van der Waals surface area contributed by atoms with Crippen LogP contribution in [0.15, 0.2) is 12.7 Å². The maximum Gasteiger partial charge on any atom is 0.410 e. The summed E-state index contributed by atoms with van der Waals surface area (Å²) in [7, 11) is 0. The Morgan fingerprint density at radius 2 is 2.24 bits per heavy atom. The Bertz CT molecular complexity index is 268. The molecule has 3 heteroatoms. The van der Waals surface area contributed by atoms with Crippen LogP contribution in [-0.4, -0.2) is 29.2 Å². The van der Waals surface area contributed by atoms with E-state index in [9.17, 15) is 4.79 Å². The van der Waals surface area contributed by atoms with Crippen molar-refractivity contribution in [2.45, 2.75) is 64.5 Å². The summed E-state index contributed by atoms with van der Waals surface area (Å²) in [6.45, 7) is 10.3. The second-order valence-electron chi connectivity index (χ2n) is 5.69. The molecule has 0 spiro atoms. The van der Waals surface area contributed by atoms with Crippen molar-refractivity contribution in [2.24, 2.45) is 0 Å². The third-order valence-corrected chi connectivity index (χ3v) is 2.95. The highest BCUT2D eigenvalue weighted by Gasteiger charge is 2.31. The van der Waals surface area contributed by atoms with Gasteiger partial charge < -0.3 is 9.64 Å². The topological polar surface area (TPSA) is 29.5 Å². The Morgan fingerprint density at radius 3 is 2.82 bits per heavy atom. The number of carbonyl (C=O) groups excluding carboxylic acids is 1. The first-order valence-electron chi connectivity index (χ1n) is 6.54. The molecule has 98 valence electrons. The average Bonchev–Trinajstić information content (AvgIpc) is 2.64. The van der Waals surface area contributed by atoms with Gasteiger partial charge in [0.05, 0.1) is 0 Å². The first kappa shape index (κ1) is 14.1. The summed E-state index contributed by atoms with van der Waals surface area (Å²) in [5, 5.41) is 0. The first-order chi connectivity index (χ1) is 7.94. The highest BCUT2D eigenvalue weighted by atomic mass is 16.6. The Morgan fingerprint density at radius 1 is 1.53 bits per heavy atom. The van der Waals surface area contributed by atoms with Gasteiger partial charge in [0, 0.05) is 12.6 Å². The van der Waals surface area contributed by atoms with Crippen molar-refractivity contribution in [1.82, 2.24) is 4.90 Å². The molecule has 1 fully saturated rings. The summed E-state index contributed by atoms with van der Waals surface area (Å²) in [5.74, 6) is 0. The van der Waals surface area contributed by atoms with E-state index in [0.29, 0.717) is 6.04 Å². The van der Waals surface area contributed by atoms with Gasteiger partial charge in [-0.05, 0) is 52.9 Å². The monoisotopic (exact) mass is 239 g/mol. The van der Waals surface area contributed by atoms with E-state index in [4.69, 9.17) is 4.74 Å². The molecule has 1 saturated heterocycles. The van der Waals surface area contributed by atoms with E-state index in [1.54, 1.807) is 0 Å². The second-order valence-corrected chi connectivity index (χ2v) is 5.69. The summed E-state index contributed by atoms with van der Waals surface area (Å²) >= 11 is 0. The fourth-order valence-corrected chi connectivity index (χ4v) is 2.19. The van der Waals surface area contributed by atoms with Crippen molar-refractivity contribution in [3.05, 3.63) is 12.7 Å². The second kappa shape index (κ2) is 6.08. The molecule has 0 aromatic heterocycles. The van der Waals surface area contributed by atoms with E-state index >= 15 is 0 Å². The van der Waals surface area contributed by atoms with Gasteiger partial charge in [-0.25, -0.2) is 4.79 Å². The van der Waals surface area contributed by atoms with Crippen LogP contribution in [-0.2, 0) is 4.74 Å². The van der Waals surface area contributed by atoms with E-state index < -0.39 is 5.60 Å². The van der Waals surface area contributed by atoms with E-state index in [0.717, 1.165) is 38.6 Å². The van der Waals surface area contributed by atoms with Crippen LogP contribution in [0.2, 0.25) is 0 Å². The van der Waals surface area contributed by atoms with Gasteiger partial charge in [0.25, 0.3) is 0 Å². The third-order valence-electron chi connectivity index (χ3n) is 2.95. The fourth-order valence-electron chi connectivity index (χ4n) is 2.19. The Balaban J connectivity index is 2.45. The van der Waals surface area contributed by atoms with Crippen molar-refractivity contribution < 1.29 is 9.53 Å². The third kappa shape index (κ3) is 4.80. The predicted molar refractivity (Wildman–Crippen MR) is 70.0 cm³/mol. The average molecular weight is 239 g/mol. The molecule has 0 N–H and O–H groups in total. The van der Waals surface area contributed by atoms with Crippen LogP contribution in [0.5, 0.6) is 0 Å². The molecule has 17 heavy (non-hydrogen) atoms. The Labute approximate surface area is 105 Å². The van der Waals surface area contributed by atoms with Gasteiger partial charge >= 0.3 is 6.09 Å². The van der Waals surface area contributed by atoms with Crippen LogP contribution in [0.25, 0.3) is 0 Å². The van der Waals surface area contributed by atoms with E-state index in [2.05, 4.69) is 6.58 Å². The highest BCUT2D eigenvalue weighted by molar-refractivity contribution is 5.68. The normalized spacial score (nSPS) is 20.4. The molecule has 1 aliphatic heterocycles. The number of hydrogen-bond donors (Lipinski definition) is 0. The Hall–Kier alpha value is -0.990. The maximum absolute atomic E-state index is 12.0. The quantitative estimate of drug-likeness (QED) is 0.552. The van der Waals surface area contributed by atoms with Crippen molar-refractivity contribution in [2.75, 3.05) is 6.54 Å². The SMILES string of the molecule is C=CCCC[C@@H]1CCCN1C(=O)OC(C)(C)C. The van der Waals surface area contributed by atoms with Gasteiger partial charge in [-0.1, -0.05) is 6.08 Å². The summed E-state index contributed by atoms with van der Waals surface area (Å²) in [6, 6.07) is 0.366. The number of allylic oxidation sites excluding steroid dienone is 1. The lowest BCUT2D eigenvalue weighted by molar-refractivity contribution is 0.0219. The number of hydrogen-bond acceptors (Lipinski definition) is 2. The zero-order chi connectivity index (χ0) is 12.9. The molecule has 1 rings (SSSR count). The van der Waals surface area contributed by atoms with Crippen LogP contribution >= 0.6 is 0 Å². The zero-order valence-corrected chi connectivity index (χ0v) is 11.4.